The molecule has 3 aromatic rings. The summed E-state index contributed by atoms with van der Waals surface area (Å²) >= 11 is 2.18. The fraction of sp³-hybridized carbons (Fsp3) is 0.136. The Hall–Kier alpha value is -2.46. The number of halogens is 2. The lowest BCUT2D eigenvalue weighted by Crippen LogP contribution is -2.38. The van der Waals surface area contributed by atoms with Crippen molar-refractivity contribution in [1.82, 2.24) is 0 Å². The molecule has 0 aromatic heterocycles. The van der Waals surface area contributed by atoms with Crippen molar-refractivity contribution in [3.05, 3.63) is 87.2 Å². The summed E-state index contributed by atoms with van der Waals surface area (Å²) in [5, 5.41) is 2.77. The van der Waals surface area contributed by atoms with Crippen molar-refractivity contribution in [2.45, 2.75) is 18.7 Å². The minimum Gasteiger partial charge on any atom is -0.324 e. The van der Waals surface area contributed by atoms with Gasteiger partial charge < -0.3 is 5.32 Å². The predicted octanol–water partition coefficient (Wildman–Crippen LogP) is 4.88. The lowest BCUT2D eigenvalue weighted by molar-refractivity contribution is -0.114. The van der Waals surface area contributed by atoms with E-state index >= 15 is 0 Å². The van der Waals surface area contributed by atoms with Crippen LogP contribution in [0.15, 0.2) is 71.6 Å². The maximum absolute atomic E-state index is 13.3. The second-order valence-electron chi connectivity index (χ2n) is 6.81. The fourth-order valence-electron chi connectivity index (χ4n) is 2.85. The van der Waals surface area contributed by atoms with Crippen molar-refractivity contribution >= 4 is 49.9 Å². The number of benzene rings is 3. The van der Waals surface area contributed by atoms with Gasteiger partial charge in [0.1, 0.15) is 12.4 Å². The first-order valence-corrected chi connectivity index (χ1v) is 11.6. The van der Waals surface area contributed by atoms with Crippen LogP contribution in [0.5, 0.6) is 0 Å². The molecule has 0 fully saturated rings. The summed E-state index contributed by atoms with van der Waals surface area (Å²) in [6, 6.07) is 16.9. The third kappa shape index (κ3) is 5.17. The Morgan fingerprint density at radius 3 is 2.23 bits per heavy atom. The first kappa shape index (κ1) is 22.2. The van der Waals surface area contributed by atoms with Crippen LogP contribution in [0.25, 0.3) is 0 Å². The number of sulfonamides is 1. The molecule has 0 radical (unpaired) electrons. The molecule has 0 saturated carbocycles. The van der Waals surface area contributed by atoms with Crippen LogP contribution < -0.4 is 9.62 Å². The molecule has 0 atom stereocenters. The second kappa shape index (κ2) is 9.13. The van der Waals surface area contributed by atoms with Crippen molar-refractivity contribution in [3.63, 3.8) is 0 Å². The lowest BCUT2D eigenvalue weighted by atomic mass is 10.2. The van der Waals surface area contributed by atoms with Gasteiger partial charge in [-0.25, -0.2) is 12.8 Å². The van der Waals surface area contributed by atoms with Gasteiger partial charge in [-0.2, -0.15) is 0 Å². The molecule has 1 N–H and O–H groups in total. The average molecular weight is 538 g/mol. The molecule has 5 nitrogen and oxygen atoms in total. The quantitative estimate of drug-likeness (QED) is 0.455. The number of nitrogens with one attached hydrogen (secondary N) is 1. The van der Waals surface area contributed by atoms with Gasteiger partial charge in [0.25, 0.3) is 10.0 Å². The zero-order chi connectivity index (χ0) is 21.9. The van der Waals surface area contributed by atoms with Gasteiger partial charge in [0.05, 0.1) is 10.6 Å². The highest BCUT2D eigenvalue weighted by Gasteiger charge is 2.27. The fourth-order valence-corrected chi connectivity index (χ4v) is 4.92. The van der Waals surface area contributed by atoms with Crippen LogP contribution in [0, 0.1) is 23.2 Å². The summed E-state index contributed by atoms with van der Waals surface area (Å²) in [6.45, 7) is 3.33. The van der Waals surface area contributed by atoms with Gasteiger partial charge in [-0.05, 0) is 96.6 Å². The van der Waals surface area contributed by atoms with E-state index in [1.54, 1.807) is 30.3 Å². The van der Waals surface area contributed by atoms with Crippen LogP contribution in [-0.4, -0.2) is 20.9 Å². The summed E-state index contributed by atoms with van der Waals surface area (Å²) < 4.78 is 41.8. The van der Waals surface area contributed by atoms with E-state index in [2.05, 4.69) is 27.9 Å². The van der Waals surface area contributed by atoms with Gasteiger partial charge >= 0.3 is 0 Å². The van der Waals surface area contributed by atoms with E-state index in [-0.39, 0.29) is 4.90 Å². The van der Waals surface area contributed by atoms with Gasteiger partial charge in [-0.1, -0.05) is 17.7 Å². The molecule has 3 aromatic carbocycles. The molecule has 156 valence electrons. The topological polar surface area (TPSA) is 66.5 Å². The van der Waals surface area contributed by atoms with Crippen LogP contribution in [-0.2, 0) is 14.8 Å². The molecule has 30 heavy (non-hydrogen) atoms. The van der Waals surface area contributed by atoms with E-state index in [0.29, 0.717) is 11.4 Å². The predicted molar refractivity (Wildman–Crippen MR) is 125 cm³/mol. The standard InChI is InChI=1S/C22H20FIN2O3S/c1-15-3-8-19(9-4-15)26(30(28,29)20-10-5-17(23)6-11-20)14-22(27)25-21-12-7-18(24)13-16(21)2/h3-13H,14H2,1-2H3,(H,25,27). The molecular formula is C22H20FIN2O3S. The van der Waals surface area contributed by atoms with Gasteiger partial charge in [-0.3, -0.25) is 9.10 Å². The lowest BCUT2D eigenvalue weighted by Gasteiger charge is -2.24. The van der Waals surface area contributed by atoms with E-state index < -0.39 is 28.3 Å². The van der Waals surface area contributed by atoms with Crippen molar-refractivity contribution < 1.29 is 17.6 Å². The molecule has 0 saturated heterocycles. The first-order valence-electron chi connectivity index (χ1n) is 9.08. The van der Waals surface area contributed by atoms with E-state index in [4.69, 9.17) is 0 Å². The molecule has 0 bridgehead atoms. The minimum absolute atomic E-state index is 0.0947. The van der Waals surface area contributed by atoms with Gasteiger partial charge in [-0.15, -0.1) is 0 Å². The Balaban J connectivity index is 1.94. The molecule has 1 amide bonds. The Morgan fingerprint density at radius 1 is 1.00 bits per heavy atom. The maximum Gasteiger partial charge on any atom is 0.264 e. The molecule has 0 heterocycles. The van der Waals surface area contributed by atoms with E-state index in [1.807, 2.05) is 26.0 Å². The number of anilines is 2. The van der Waals surface area contributed by atoms with E-state index in [9.17, 15) is 17.6 Å². The Kier molecular flexibility index (Phi) is 6.77. The number of rotatable bonds is 6. The molecule has 0 aliphatic heterocycles. The first-order chi connectivity index (χ1) is 14.2. The van der Waals surface area contributed by atoms with Gasteiger partial charge in [0.2, 0.25) is 5.91 Å². The summed E-state index contributed by atoms with van der Waals surface area (Å²) in [5.74, 6) is -1.02. The highest BCUT2D eigenvalue weighted by Crippen LogP contribution is 2.25. The van der Waals surface area contributed by atoms with Crippen molar-refractivity contribution in [2.75, 3.05) is 16.2 Å². The third-order valence-corrected chi connectivity index (χ3v) is 6.93. The zero-order valence-electron chi connectivity index (χ0n) is 16.4. The molecule has 0 unspecified atom stereocenters. The molecule has 0 spiro atoms. The molecule has 0 aliphatic carbocycles. The number of carbonyl (C=O) groups is 1. The van der Waals surface area contributed by atoms with E-state index in [0.717, 1.165) is 31.1 Å². The summed E-state index contributed by atoms with van der Waals surface area (Å²) in [4.78, 5) is 12.7. The van der Waals surface area contributed by atoms with Crippen LogP contribution in [0.1, 0.15) is 11.1 Å². The SMILES string of the molecule is Cc1ccc(N(CC(=O)Nc2ccc(I)cc2C)S(=O)(=O)c2ccc(F)cc2)cc1. The Labute approximate surface area is 189 Å². The second-order valence-corrected chi connectivity index (χ2v) is 9.92. The van der Waals surface area contributed by atoms with Gasteiger partial charge in [0.15, 0.2) is 0 Å². The summed E-state index contributed by atoms with van der Waals surface area (Å²) in [6.07, 6.45) is 0. The van der Waals surface area contributed by atoms with Gasteiger partial charge in [0, 0.05) is 9.26 Å². The number of aryl methyl sites for hydroxylation is 2. The number of hydrogen-bond acceptors (Lipinski definition) is 3. The summed E-state index contributed by atoms with van der Waals surface area (Å²) in [7, 11) is -4.08. The number of nitrogens with zero attached hydrogens (tertiary/aromatic N) is 1. The van der Waals surface area contributed by atoms with Crippen molar-refractivity contribution in [1.29, 1.82) is 0 Å². The number of amides is 1. The minimum atomic E-state index is -4.08. The van der Waals surface area contributed by atoms with Crippen LogP contribution in [0.4, 0.5) is 15.8 Å². The molecule has 8 heteroatoms. The largest absolute Gasteiger partial charge is 0.324 e. The Morgan fingerprint density at radius 2 is 1.63 bits per heavy atom. The van der Waals surface area contributed by atoms with Crippen molar-refractivity contribution in [2.24, 2.45) is 0 Å². The highest BCUT2D eigenvalue weighted by atomic mass is 127. The third-order valence-electron chi connectivity index (χ3n) is 4.47. The number of hydrogen-bond donors (Lipinski definition) is 1. The van der Waals surface area contributed by atoms with Crippen LogP contribution >= 0.6 is 22.6 Å². The smallest absolute Gasteiger partial charge is 0.264 e. The van der Waals surface area contributed by atoms with Crippen LogP contribution in [0.2, 0.25) is 0 Å². The van der Waals surface area contributed by atoms with Crippen molar-refractivity contribution in [3.8, 4) is 0 Å². The zero-order valence-corrected chi connectivity index (χ0v) is 19.4. The Bertz CT molecular complexity index is 1160. The molecule has 3 rings (SSSR count). The average Bonchev–Trinajstić information content (AvgIpc) is 2.69. The highest BCUT2D eigenvalue weighted by molar-refractivity contribution is 14.1. The monoisotopic (exact) mass is 538 g/mol. The molecule has 0 aliphatic rings. The normalized spacial score (nSPS) is 11.2. The van der Waals surface area contributed by atoms with E-state index in [1.165, 1.54) is 12.1 Å². The van der Waals surface area contributed by atoms with Crippen LogP contribution in [0.3, 0.4) is 0 Å². The molecular weight excluding hydrogens is 518 g/mol. The maximum atomic E-state index is 13.3. The summed E-state index contributed by atoms with van der Waals surface area (Å²) in [5.41, 5.74) is 2.79. The number of carbonyl (C=O) groups excluding carboxylic acids is 1.